The quantitative estimate of drug-likeness (QED) is 0.731. The van der Waals surface area contributed by atoms with Crippen LogP contribution in [0.5, 0.6) is 0 Å². The molecule has 1 fully saturated rings. The average molecular weight is 419 g/mol. The van der Waals surface area contributed by atoms with E-state index in [4.69, 9.17) is 11.6 Å². The fourth-order valence-corrected chi connectivity index (χ4v) is 3.77. The second kappa shape index (κ2) is 9.46. The number of anilines is 3. The van der Waals surface area contributed by atoms with Crippen molar-refractivity contribution in [3.05, 3.63) is 52.8 Å². The van der Waals surface area contributed by atoms with Crippen LogP contribution in [0.15, 0.2) is 36.4 Å². The largest absolute Gasteiger partial charge is 0.374 e. The van der Waals surface area contributed by atoms with Crippen LogP contribution in [0.2, 0.25) is 5.02 Å². The van der Waals surface area contributed by atoms with Gasteiger partial charge in [-0.2, -0.15) is 0 Å². The minimum Gasteiger partial charge on any atom is -0.374 e. The highest BCUT2D eigenvalue weighted by Crippen LogP contribution is 2.26. The summed E-state index contributed by atoms with van der Waals surface area (Å²) in [5, 5.41) is 6.13. The summed E-state index contributed by atoms with van der Waals surface area (Å²) in [5.74, 6) is -0.679. The Bertz CT molecular complexity index is 868. The van der Waals surface area contributed by atoms with Crippen LogP contribution in [0.3, 0.4) is 0 Å². The number of hydrogen-bond donors (Lipinski definition) is 2. The molecule has 29 heavy (non-hydrogen) atoms. The second-order valence-electron chi connectivity index (χ2n) is 7.40. The Morgan fingerprint density at radius 1 is 1.17 bits per heavy atom. The zero-order valence-electron chi connectivity index (χ0n) is 17.1. The Morgan fingerprint density at radius 3 is 2.52 bits per heavy atom. The summed E-state index contributed by atoms with van der Waals surface area (Å²) in [7, 11) is 0. The Hall–Kier alpha value is -2.31. The molecule has 0 bridgehead atoms. The molecule has 1 unspecified atom stereocenters. The smallest absolute Gasteiger partial charge is 0.246 e. The van der Waals surface area contributed by atoms with Gasteiger partial charge in [0.2, 0.25) is 5.91 Å². The number of rotatable bonds is 6. The summed E-state index contributed by atoms with van der Waals surface area (Å²) in [6, 6.07) is 9.61. The molecule has 0 saturated carbocycles. The van der Waals surface area contributed by atoms with Gasteiger partial charge in [0, 0.05) is 37.6 Å². The van der Waals surface area contributed by atoms with Gasteiger partial charge in [-0.15, -0.1) is 0 Å². The third-order valence-corrected chi connectivity index (χ3v) is 5.64. The van der Waals surface area contributed by atoms with Crippen LogP contribution in [0.4, 0.5) is 21.5 Å². The molecule has 3 rings (SSSR count). The summed E-state index contributed by atoms with van der Waals surface area (Å²) < 4.78 is 13.2. The maximum Gasteiger partial charge on any atom is 0.246 e. The van der Waals surface area contributed by atoms with Crippen LogP contribution < -0.4 is 15.5 Å². The maximum absolute atomic E-state index is 13.2. The first-order valence-electron chi connectivity index (χ1n) is 9.97. The second-order valence-corrected chi connectivity index (χ2v) is 7.81. The normalized spacial score (nSPS) is 15.8. The minimum absolute atomic E-state index is 0.175. The number of nitrogens with zero attached hydrogens (tertiary/aromatic N) is 2. The molecule has 1 amide bonds. The van der Waals surface area contributed by atoms with Crippen molar-refractivity contribution in [2.75, 3.05) is 48.3 Å². The van der Waals surface area contributed by atoms with E-state index in [1.165, 1.54) is 29.4 Å². The Labute approximate surface area is 176 Å². The van der Waals surface area contributed by atoms with Crippen molar-refractivity contribution in [1.29, 1.82) is 0 Å². The first-order valence-corrected chi connectivity index (χ1v) is 10.4. The van der Waals surface area contributed by atoms with Crippen LogP contribution in [-0.2, 0) is 4.79 Å². The first kappa shape index (κ1) is 21.4. The van der Waals surface area contributed by atoms with E-state index in [2.05, 4.69) is 46.4 Å². The molecule has 1 heterocycles. The predicted octanol–water partition coefficient (Wildman–Crippen LogP) is 4.37. The molecule has 2 aromatic carbocycles. The van der Waals surface area contributed by atoms with Crippen LogP contribution in [0.1, 0.15) is 19.4 Å². The molecule has 0 spiro atoms. The molecule has 2 N–H and O–H groups in total. The molecule has 0 aliphatic carbocycles. The van der Waals surface area contributed by atoms with Crippen LogP contribution in [0, 0.1) is 12.7 Å². The number of carbonyl (C=O) groups is 1. The lowest BCUT2D eigenvalue weighted by molar-refractivity contribution is -0.116. The lowest BCUT2D eigenvalue weighted by atomic mass is 10.1. The van der Waals surface area contributed by atoms with Crippen molar-refractivity contribution in [2.24, 2.45) is 0 Å². The monoisotopic (exact) mass is 418 g/mol. The number of benzene rings is 2. The fraction of sp³-hybridized carbons (Fsp3) is 0.409. The number of nitrogens with one attached hydrogen (secondary N) is 2. The van der Waals surface area contributed by atoms with Gasteiger partial charge in [0.25, 0.3) is 0 Å². The van der Waals surface area contributed by atoms with Crippen molar-refractivity contribution in [3.8, 4) is 0 Å². The van der Waals surface area contributed by atoms with Crippen molar-refractivity contribution >= 4 is 34.6 Å². The van der Waals surface area contributed by atoms with E-state index < -0.39 is 11.9 Å². The van der Waals surface area contributed by atoms with Crippen LogP contribution in [0.25, 0.3) is 0 Å². The fourth-order valence-electron chi connectivity index (χ4n) is 3.55. The van der Waals surface area contributed by atoms with Crippen molar-refractivity contribution in [3.63, 3.8) is 0 Å². The molecule has 5 nitrogen and oxygen atoms in total. The number of carbonyl (C=O) groups excluding carboxylic acids is 1. The van der Waals surface area contributed by atoms with Gasteiger partial charge in [0.15, 0.2) is 0 Å². The zero-order valence-corrected chi connectivity index (χ0v) is 17.9. The molecular weight excluding hydrogens is 391 g/mol. The lowest BCUT2D eigenvalue weighted by Crippen LogP contribution is -2.46. The van der Waals surface area contributed by atoms with Crippen molar-refractivity contribution in [2.45, 2.75) is 26.8 Å². The minimum atomic E-state index is -0.477. The Kier molecular flexibility index (Phi) is 6.98. The Balaban J connectivity index is 1.61. The van der Waals surface area contributed by atoms with Crippen LogP contribution in [-0.4, -0.2) is 49.6 Å². The van der Waals surface area contributed by atoms with Gasteiger partial charge in [-0.3, -0.25) is 4.79 Å². The van der Waals surface area contributed by atoms with E-state index in [1.54, 1.807) is 6.92 Å². The standard InChI is InChI=1S/C22H28ClFN4O/c1-4-27-9-11-28(12-10-27)21-8-6-18(13-15(21)2)25-16(3)22(29)26-20-7-5-17(24)14-19(20)23/h5-8,13-14,16,25H,4,9-12H2,1-3H3,(H,26,29). The summed E-state index contributed by atoms with van der Waals surface area (Å²) in [6.07, 6.45) is 0. The third kappa shape index (κ3) is 5.40. The highest BCUT2D eigenvalue weighted by atomic mass is 35.5. The molecule has 1 saturated heterocycles. The topological polar surface area (TPSA) is 47.6 Å². The number of hydrogen-bond acceptors (Lipinski definition) is 4. The molecule has 1 atom stereocenters. The summed E-state index contributed by atoms with van der Waals surface area (Å²) in [4.78, 5) is 17.3. The zero-order chi connectivity index (χ0) is 21.0. The molecule has 2 aromatic rings. The SMILES string of the molecule is CCN1CCN(c2ccc(NC(C)C(=O)Nc3ccc(F)cc3Cl)cc2C)CC1. The first-order chi connectivity index (χ1) is 13.9. The molecule has 0 radical (unpaired) electrons. The maximum atomic E-state index is 13.2. The number of aryl methyl sites for hydroxylation is 1. The highest BCUT2D eigenvalue weighted by molar-refractivity contribution is 6.33. The Morgan fingerprint density at radius 2 is 1.90 bits per heavy atom. The van der Waals surface area contributed by atoms with E-state index in [9.17, 15) is 9.18 Å². The molecule has 156 valence electrons. The predicted molar refractivity (Wildman–Crippen MR) is 119 cm³/mol. The summed E-state index contributed by atoms with van der Waals surface area (Å²) in [5.41, 5.74) is 3.69. The summed E-state index contributed by atoms with van der Waals surface area (Å²) in [6.45, 7) is 11.4. The van der Waals surface area contributed by atoms with Gasteiger partial charge in [-0.05, 0) is 62.4 Å². The van der Waals surface area contributed by atoms with E-state index in [1.807, 2.05) is 6.07 Å². The van der Waals surface area contributed by atoms with Crippen molar-refractivity contribution in [1.82, 2.24) is 4.90 Å². The molecule has 1 aliphatic heterocycles. The van der Waals surface area contributed by atoms with Crippen LogP contribution >= 0.6 is 11.6 Å². The number of likely N-dealkylation sites (N-methyl/N-ethyl adjacent to an activating group) is 1. The highest BCUT2D eigenvalue weighted by Gasteiger charge is 2.18. The van der Waals surface area contributed by atoms with Gasteiger partial charge in [0.1, 0.15) is 11.9 Å². The number of halogens is 2. The van der Waals surface area contributed by atoms with Gasteiger partial charge < -0.3 is 20.4 Å². The van der Waals surface area contributed by atoms with Gasteiger partial charge in [-0.25, -0.2) is 4.39 Å². The summed E-state index contributed by atoms with van der Waals surface area (Å²) >= 11 is 5.99. The van der Waals surface area contributed by atoms with Crippen molar-refractivity contribution < 1.29 is 9.18 Å². The lowest BCUT2D eigenvalue weighted by Gasteiger charge is -2.36. The average Bonchev–Trinajstić information content (AvgIpc) is 2.70. The van der Waals surface area contributed by atoms with Gasteiger partial charge in [-0.1, -0.05) is 18.5 Å². The van der Waals surface area contributed by atoms with Gasteiger partial charge >= 0.3 is 0 Å². The number of amides is 1. The molecular formula is C22H28ClFN4O. The van der Waals surface area contributed by atoms with E-state index in [0.29, 0.717) is 5.69 Å². The van der Waals surface area contributed by atoms with E-state index in [-0.39, 0.29) is 10.9 Å². The molecule has 7 heteroatoms. The van der Waals surface area contributed by atoms with Gasteiger partial charge in [0.05, 0.1) is 10.7 Å². The molecule has 0 aromatic heterocycles. The van der Waals surface area contributed by atoms with E-state index >= 15 is 0 Å². The van der Waals surface area contributed by atoms with E-state index in [0.717, 1.165) is 38.4 Å². The number of piperazine rings is 1. The molecule has 1 aliphatic rings. The third-order valence-electron chi connectivity index (χ3n) is 5.32.